The van der Waals surface area contributed by atoms with Crippen molar-refractivity contribution in [2.45, 2.75) is 26.7 Å². The zero-order chi connectivity index (χ0) is 9.83. The lowest BCUT2D eigenvalue weighted by Gasteiger charge is -2.21. The number of nitrogens with two attached hydrogens (primary N) is 1. The van der Waals surface area contributed by atoms with Crippen LogP contribution in [0.3, 0.4) is 0 Å². The number of hydrogen-bond acceptors (Lipinski definition) is 3. The summed E-state index contributed by atoms with van der Waals surface area (Å²) in [5.74, 6) is -0.417. The predicted molar refractivity (Wildman–Crippen MR) is 47.0 cm³/mol. The zero-order valence-corrected chi connectivity index (χ0v) is 8.32. The van der Waals surface area contributed by atoms with Crippen LogP contribution >= 0.6 is 0 Å². The summed E-state index contributed by atoms with van der Waals surface area (Å²) in [4.78, 5) is 0. The minimum absolute atomic E-state index is 0.417. The van der Waals surface area contributed by atoms with E-state index in [-0.39, 0.29) is 0 Å². The van der Waals surface area contributed by atoms with Crippen LogP contribution in [0.1, 0.15) is 26.7 Å². The second-order valence-corrected chi connectivity index (χ2v) is 5.11. The third kappa shape index (κ3) is 6.54. The molecule has 12 heavy (non-hydrogen) atoms. The SMILES string of the molecule is CC(C)(CCCN)CS(=O)(=O)F. The van der Waals surface area contributed by atoms with Gasteiger partial charge in [-0.15, -0.1) is 3.89 Å². The van der Waals surface area contributed by atoms with E-state index in [1.165, 1.54) is 0 Å². The van der Waals surface area contributed by atoms with Gasteiger partial charge in [0.05, 0.1) is 5.75 Å². The van der Waals surface area contributed by atoms with E-state index in [1.54, 1.807) is 13.8 Å². The Balaban J connectivity index is 4.04. The zero-order valence-electron chi connectivity index (χ0n) is 7.51. The highest BCUT2D eigenvalue weighted by molar-refractivity contribution is 7.86. The van der Waals surface area contributed by atoms with Crippen LogP contribution in [0.25, 0.3) is 0 Å². The van der Waals surface area contributed by atoms with Crippen molar-refractivity contribution in [1.29, 1.82) is 0 Å². The molecular weight excluding hydrogens is 181 g/mol. The van der Waals surface area contributed by atoms with Gasteiger partial charge in [-0.2, -0.15) is 8.42 Å². The first-order chi connectivity index (χ1) is 5.27. The van der Waals surface area contributed by atoms with Gasteiger partial charge in [0.2, 0.25) is 0 Å². The lowest BCUT2D eigenvalue weighted by atomic mass is 9.90. The Morgan fingerprint density at radius 3 is 2.25 bits per heavy atom. The number of hydrogen-bond donors (Lipinski definition) is 1. The molecule has 0 aromatic rings. The molecule has 0 aliphatic carbocycles. The Morgan fingerprint density at radius 2 is 1.92 bits per heavy atom. The highest BCUT2D eigenvalue weighted by Crippen LogP contribution is 2.24. The standard InChI is InChI=1S/C7H16FNO2S/c1-7(2,4-3-5-9)6-12(8,10)11/h3-6,9H2,1-2H3. The monoisotopic (exact) mass is 197 g/mol. The fourth-order valence-electron chi connectivity index (χ4n) is 1.12. The largest absolute Gasteiger partial charge is 0.330 e. The molecule has 0 fully saturated rings. The Morgan fingerprint density at radius 1 is 1.42 bits per heavy atom. The van der Waals surface area contributed by atoms with E-state index in [0.29, 0.717) is 13.0 Å². The first kappa shape index (κ1) is 11.8. The molecular formula is C7H16FNO2S. The summed E-state index contributed by atoms with van der Waals surface area (Å²) in [5, 5.41) is 0. The van der Waals surface area contributed by atoms with E-state index < -0.39 is 21.4 Å². The van der Waals surface area contributed by atoms with Crippen molar-refractivity contribution < 1.29 is 12.3 Å². The topological polar surface area (TPSA) is 60.2 Å². The summed E-state index contributed by atoms with van der Waals surface area (Å²) in [6, 6.07) is 0. The van der Waals surface area contributed by atoms with Crippen molar-refractivity contribution in [2.75, 3.05) is 12.3 Å². The molecule has 0 unspecified atom stereocenters. The first-order valence-electron chi connectivity index (χ1n) is 3.89. The van der Waals surface area contributed by atoms with E-state index in [0.717, 1.165) is 6.42 Å². The molecule has 0 saturated carbocycles. The van der Waals surface area contributed by atoms with Gasteiger partial charge >= 0.3 is 10.2 Å². The van der Waals surface area contributed by atoms with E-state index in [4.69, 9.17) is 5.73 Å². The number of rotatable bonds is 5. The molecule has 5 heteroatoms. The van der Waals surface area contributed by atoms with Gasteiger partial charge in [0.15, 0.2) is 0 Å². The van der Waals surface area contributed by atoms with Gasteiger partial charge in [-0.25, -0.2) is 0 Å². The molecule has 0 aromatic carbocycles. The van der Waals surface area contributed by atoms with Crippen molar-refractivity contribution in [3.63, 3.8) is 0 Å². The fraction of sp³-hybridized carbons (Fsp3) is 1.00. The summed E-state index contributed by atoms with van der Waals surface area (Å²) in [5.41, 5.74) is 4.75. The van der Waals surface area contributed by atoms with Gasteiger partial charge in [0.1, 0.15) is 0 Å². The minimum atomic E-state index is -4.35. The Labute approximate surface area is 73.4 Å². The van der Waals surface area contributed by atoms with Crippen LogP contribution in [0.5, 0.6) is 0 Å². The van der Waals surface area contributed by atoms with Gasteiger partial charge in [-0.1, -0.05) is 13.8 Å². The Kier molecular flexibility index (Phi) is 4.13. The summed E-state index contributed by atoms with van der Waals surface area (Å²) < 4.78 is 32.9. The van der Waals surface area contributed by atoms with Crippen LogP contribution in [-0.4, -0.2) is 20.7 Å². The van der Waals surface area contributed by atoms with Crippen molar-refractivity contribution in [3.05, 3.63) is 0 Å². The molecule has 0 spiro atoms. The molecule has 0 heterocycles. The summed E-state index contributed by atoms with van der Waals surface area (Å²) >= 11 is 0. The average molecular weight is 197 g/mol. The van der Waals surface area contributed by atoms with E-state index in [2.05, 4.69) is 0 Å². The molecule has 3 nitrogen and oxygen atoms in total. The lowest BCUT2D eigenvalue weighted by molar-refractivity contribution is 0.363. The smallest absolute Gasteiger partial charge is 0.302 e. The third-order valence-electron chi connectivity index (χ3n) is 1.62. The maximum atomic E-state index is 12.3. The van der Waals surface area contributed by atoms with Crippen LogP contribution in [0, 0.1) is 5.41 Å². The number of halogens is 1. The first-order valence-corrected chi connectivity index (χ1v) is 5.44. The van der Waals surface area contributed by atoms with Gasteiger partial charge < -0.3 is 5.73 Å². The molecule has 0 saturated heterocycles. The van der Waals surface area contributed by atoms with Gasteiger partial charge in [0, 0.05) is 0 Å². The van der Waals surface area contributed by atoms with Crippen LogP contribution < -0.4 is 5.73 Å². The molecule has 0 radical (unpaired) electrons. The molecule has 2 N–H and O–H groups in total. The third-order valence-corrected chi connectivity index (χ3v) is 2.75. The predicted octanol–water partition coefficient (Wildman–Crippen LogP) is 1.05. The molecule has 0 bridgehead atoms. The fourth-order valence-corrected chi connectivity index (χ4v) is 2.20. The van der Waals surface area contributed by atoms with Gasteiger partial charge in [0.25, 0.3) is 0 Å². The molecule has 0 atom stereocenters. The summed E-state index contributed by atoms with van der Waals surface area (Å²) in [6.45, 7) is 3.95. The molecule has 0 aliphatic rings. The highest BCUT2D eigenvalue weighted by atomic mass is 32.3. The molecule has 0 aliphatic heterocycles. The summed E-state index contributed by atoms with van der Waals surface area (Å²) in [7, 11) is -4.35. The molecule has 0 rings (SSSR count). The normalized spacial score (nSPS) is 13.3. The van der Waals surface area contributed by atoms with Crippen LogP contribution in [0.2, 0.25) is 0 Å². The van der Waals surface area contributed by atoms with E-state index in [9.17, 15) is 12.3 Å². The van der Waals surface area contributed by atoms with Crippen molar-refractivity contribution in [2.24, 2.45) is 11.1 Å². The minimum Gasteiger partial charge on any atom is -0.330 e. The van der Waals surface area contributed by atoms with Crippen molar-refractivity contribution >= 4 is 10.2 Å². The summed E-state index contributed by atoms with van der Waals surface area (Å²) in [6.07, 6.45) is 1.36. The second-order valence-electron chi connectivity index (χ2n) is 3.74. The van der Waals surface area contributed by atoms with Crippen molar-refractivity contribution in [3.8, 4) is 0 Å². The lowest BCUT2D eigenvalue weighted by Crippen LogP contribution is -2.22. The highest BCUT2D eigenvalue weighted by Gasteiger charge is 2.24. The second kappa shape index (κ2) is 4.18. The Hall–Kier alpha value is -0.160. The van der Waals surface area contributed by atoms with Crippen LogP contribution in [0.4, 0.5) is 3.89 Å². The van der Waals surface area contributed by atoms with Gasteiger partial charge in [-0.05, 0) is 24.8 Å². The van der Waals surface area contributed by atoms with E-state index >= 15 is 0 Å². The van der Waals surface area contributed by atoms with Gasteiger partial charge in [-0.3, -0.25) is 0 Å². The maximum absolute atomic E-state index is 12.3. The van der Waals surface area contributed by atoms with Crippen LogP contribution in [-0.2, 0) is 10.2 Å². The molecule has 0 amide bonds. The maximum Gasteiger partial charge on any atom is 0.302 e. The molecule has 0 aromatic heterocycles. The molecule has 74 valence electrons. The Bertz CT molecular complexity index is 224. The van der Waals surface area contributed by atoms with E-state index in [1.807, 2.05) is 0 Å². The van der Waals surface area contributed by atoms with Crippen LogP contribution in [0.15, 0.2) is 0 Å². The average Bonchev–Trinajstić information content (AvgIpc) is 1.78. The van der Waals surface area contributed by atoms with Crippen molar-refractivity contribution in [1.82, 2.24) is 0 Å². The quantitative estimate of drug-likeness (QED) is 0.670.